The lowest BCUT2D eigenvalue weighted by atomic mass is 10.2. The largest absolute Gasteiger partial charge is 0.322 e. The molecule has 2 nitrogen and oxygen atoms in total. The molecule has 0 bridgehead atoms. The fraction of sp³-hybridized carbons (Fsp3) is 0.667. The third-order valence-corrected chi connectivity index (χ3v) is 3.15. The molecule has 0 saturated carbocycles. The van der Waals surface area contributed by atoms with Gasteiger partial charge in [0.2, 0.25) is 0 Å². The standard InChI is InChI=1S/C9H16N2S/c1-4-7(10)9-11-8(5-2)6(3)12-9/h7H,4-5,10H2,1-3H3. The van der Waals surface area contributed by atoms with Crippen LogP contribution in [0, 0.1) is 6.92 Å². The molecule has 0 aromatic carbocycles. The quantitative estimate of drug-likeness (QED) is 0.783. The van der Waals surface area contributed by atoms with Gasteiger partial charge in [0, 0.05) is 4.88 Å². The van der Waals surface area contributed by atoms with Gasteiger partial charge in [0.05, 0.1) is 11.7 Å². The Morgan fingerprint density at radius 2 is 2.17 bits per heavy atom. The van der Waals surface area contributed by atoms with E-state index < -0.39 is 0 Å². The summed E-state index contributed by atoms with van der Waals surface area (Å²) in [5.74, 6) is 0. The van der Waals surface area contributed by atoms with E-state index in [1.165, 1.54) is 10.6 Å². The number of thiazole rings is 1. The molecule has 0 spiro atoms. The number of nitrogens with two attached hydrogens (primary N) is 1. The van der Waals surface area contributed by atoms with Crippen molar-refractivity contribution < 1.29 is 0 Å². The van der Waals surface area contributed by atoms with Crippen molar-refractivity contribution in [2.45, 2.75) is 39.7 Å². The lowest BCUT2D eigenvalue weighted by Crippen LogP contribution is -2.07. The van der Waals surface area contributed by atoms with Crippen LogP contribution in [0.3, 0.4) is 0 Å². The van der Waals surface area contributed by atoms with Crippen molar-refractivity contribution in [1.82, 2.24) is 4.98 Å². The van der Waals surface area contributed by atoms with Crippen LogP contribution < -0.4 is 5.73 Å². The molecule has 2 N–H and O–H groups in total. The molecule has 12 heavy (non-hydrogen) atoms. The van der Waals surface area contributed by atoms with Crippen LogP contribution in [0.4, 0.5) is 0 Å². The van der Waals surface area contributed by atoms with Crippen LogP contribution in [-0.4, -0.2) is 4.98 Å². The Kier molecular flexibility index (Phi) is 3.23. The molecule has 1 unspecified atom stereocenters. The molecule has 0 aliphatic heterocycles. The molecule has 1 heterocycles. The highest BCUT2D eigenvalue weighted by atomic mass is 32.1. The van der Waals surface area contributed by atoms with Crippen LogP contribution in [0.15, 0.2) is 0 Å². The highest BCUT2D eigenvalue weighted by Gasteiger charge is 2.10. The Balaban J connectivity index is 2.88. The summed E-state index contributed by atoms with van der Waals surface area (Å²) in [7, 11) is 0. The zero-order valence-corrected chi connectivity index (χ0v) is 8.74. The number of hydrogen-bond acceptors (Lipinski definition) is 3. The second-order valence-electron chi connectivity index (χ2n) is 2.92. The summed E-state index contributed by atoms with van der Waals surface area (Å²) < 4.78 is 0. The van der Waals surface area contributed by atoms with E-state index in [0.29, 0.717) is 0 Å². The fourth-order valence-electron chi connectivity index (χ4n) is 1.11. The zero-order chi connectivity index (χ0) is 9.14. The maximum absolute atomic E-state index is 5.88. The van der Waals surface area contributed by atoms with Crippen LogP contribution >= 0.6 is 11.3 Å². The van der Waals surface area contributed by atoms with Gasteiger partial charge < -0.3 is 5.73 Å². The number of rotatable bonds is 3. The number of aromatic nitrogens is 1. The summed E-state index contributed by atoms with van der Waals surface area (Å²) in [4.78, 5) is 5.81. The highest BCUT2D eigenvalue weighted by molar-refractivity contribution is 7.11. The molecule has 0 amide bonds. The van der Waals surface area contributed by atoms with Crippen molar-refractivity contribution in [2.75, 3.05) is 0 Å². The van der Waals surface area contributed by atoms with Gasteiger partial charge in [-0.2, -0.15) is 0 Å². The van der Waals surface area contributed by atoms with Gasteiger partial charge in [0.25, 0.3) is 0 Å². The predicted octanol–water partition coefficient (Wildman–Crippen LogP) is 2.42. The third-order valence-electron chi connectivity index (χ3n) is 2.00. The summed E-state index contributed by atoms with van der Waals surface area (Å²) in [6.07, 6.45) is 1.98. The van der Waals surface area contributed by atoms with E-state index in [9.17, 15) is 0 Å². The Bertz CT molecular complexity index is 255. The van der Waals surface area contributed by atoms with Crippen molar-refractivity contribution in [3.63, 3.8) is 0 Å². The molecule has 0 radical (unpaired) electrons. The van der Waals surface area contributed by atoms with Crippen LogP contribution in [-0.2, 0) is 6.42 Å². The maximum atomic E-state index is 5.88. The number of hydrogen-bond donors (Lipinski definition) is 1. The van der Waals surface area contributed by atoms with E-state index in [-0.39, 0.29) is 6.04 Å². The molecular formula is C9H16N2S. The molecule has 0 aliphatic carbocycles. The average molecular weight is 184 g/mol. The summed E-state index contributed by atoms with van der Waals surface area (Å²) in [6, 6.07) is 0.133. The predicted molar refractivity (Wildman–Crippen MR) is 53.4 cm³/mol. The first-order valence-electron chi connectivity index (χ1n) is 4.40. The molecule has 3 heteroatoms. The lowest BCUT2D eigenvalue weighted by Gasteiger charge is -2.01. The molecule has 1 aromatic rings. The van der Waals surface area contributed by atoms with E-state index in [4.69, 9.17) is 5.73 Å². The van der Waals surface area contributed by atoms with E-state index in [2.05, 4.69) is 25.8 Å². The first kappa shape index (κ1) is 9.68. The van der Waals surface area contributed by atoms with Gasteiger partial charge in [0.15, 0.2) is 0 Å². The molecule has 1 aromatic heterocycles. The van der Waals surface area contributed by atoms with Crippen molar-refractivity contribution in [3.8, 4) is 0 Å². The molecule has 1 atom stereocenters. The van der Waals surface area contributed by atoms with Crippen molar-refractivity contribution in [3.05, 3.63) is 15.6 Å². The molecule has 0 fully saturated rings. The minimum atomic E-state index is 0.133. The van der Waals surface area contributed by atoms with Gasteiger partial charge in [-0.05, 0) is 19.8 Å². The van der Waals surface area contributed by atoms with Crippen LogP contribution in [0.25, 0.3) is 0 Å². The van der Waals surface area contributed by atoms with Crippen molar-refractivity contribution >= 4 is 11.3 Å². The third kappa shape index (κ3) is 1.84. The van der Waals surface area contributed by atoms with Gasteiger partial charge in [-0.3, -0.25) is 0 Å². The van der Waals surface area contributed by atoms with Crippen LogP contribution in [0.2, 0.25) is 0 Å². The van der Waals surface area contributed by atoms with Gasteiger partial charge in [-0.15, -0.1) is 11.3 Å². The maximum Gasteiger partial charge on any atom is 0.110 e. The van der Waals surface area contributed by atoms with Crippen LogP contribution in [0.1, 0.15) is 41.9 Å². The minimum absolute atomic E-state index is 0.133. The summed E-state index contributed by atoms with van der Waals surface area (Å²) in [5, 5.41) is 1.09. The molecule has 1 rings (SSSR count). The van der Waals surface area contributed by atoms with E-state index in [1.807, 2.05) is 0 Å². The molecule has 0 saturated heterocycles. The van der Waals surface area contributed by atoms with Gasteiger partial charge in [-0.1, -0.05) is 13.8 Å². The van der Waals surface area contributed by atoms with Crippen molar-refractivity contribution in [2.24, 2.45) is 5.73 Å². The average Bonchev–Trinajstić information content (AvgIpc) is 2.45. The van der Waals surface area contributed by atoms with Crippen LogP contribution in [0.5, 0.6) is 0 Å². The molecular weight excluding hydrogens is 168 g/mol. The Morgan fingerprint density at radius 1 is 1.50 bits per heavy atom. The van der Waals surface area contributed by atoms with E-state index in [1.54, 1.807) is 11.3 Å². The topological polar surface area (TPSA) is 38.9 Å². The normalized spacial score (nSPS) is 13.3. The zero-order valence-electron chi connectivity index (χ0n) is 7.92. The fourth-order valence-corrected chi connectivity index (χ4v) is 2.21. The molecule has 68 valence electrons. The van der Waals surface area contributed by atoms with E-state index >= 15 is 0 Å². The van der Waals surface area contributed by atoms with Crippen molar-refractivity contribution in [1.29, 1.82) is 0 Å². The first-order chi connectivity index (χ1) is 5.69. The summed E-state index contributed by atoms with van der Waals surface area (Å²) in [5.41, 5.74) is 7.09. The second kappa shape index (κ2) is 4.01. The Morgan fingerprint density at radius 3 is 2.58 bits per heavy atom. The first-order valence-corrected chi connectivity index (χ1v) is 5.22. The van der Waals surface area contributed by atoms with E-state index in [0.717, 1.165) is 17.8 Å². The highest BCUT2D eigenvalue weighted by Crippen LogP contribution is 2.23. The second-order valence-corrected chi connectivity index (χ2v) is 4.16. The Labute approximate surface area is 77.8 Å². The number of aryl methyl sites for hydroxylation is 2. The lowest BCUT2D eigenvalue weighted by molar-refractivity contribution is 0.689. The summed E-state index contributed by atoms with van der Waals surface area (Å²) in [6.45, 7) is 6.33. The number of nitrogens with zero attached hydrogens (tertiary/aromatic N) is 1. The summed E-state index contributed by atoms with van der Waals surface area (Å²) >= 11 is 1.74. The van der Waals surface area contributed by atoms with Gasteiger partial charge in [-0.25, -0.2) is 4.98 Å². The minimum Gasteiger partial charge on any atom is -0.322 e. The van der Waals surface area contributed by atoms with Gasteiger partial charge >= 0.3 is 0 Å². The smallest absolute Gasteiger partial charge is 0.110 e. The van der Waals surface area contributed by atoms with Gasteiger partial charge in [0.1, 0.15) is 5.01 Å². The Hall–Kier alpha value is -0.410. The monoisotopic (exact) mass is 184 g/mol. The SMILES string of the molecule is CCc1nc(C(N)CC)sc1C. The molecule has 0 aliphatic rings.